The molecule has 1 saturated carbocycles. The van der Waals surface area contributed by atoms with Crippen LogP contribution in [0.4, 0.5) is 0 Å². The highest BCUT2D eigenvalue weighted by molar-refractivity contribution is 6.09. The average Bonchev–Trinajstić information content (AvgIpc) is 2.98. The summed E-state index contributed by atoms with van der Waals surface area (Å²) in [4.78, 5) is 44.4. The summed E-state index contributed by atoms with van der Waals surface area (Å²) in [6.07, 6.45) is 7.75. The lowest BCUT2D eigenvalue weighted by Gasteiger charge is -2.52. The molecule has 3 fully saturated rings. The van der Waals surface area contributed by atoms with E-state index in [1.807, 2.05) is 59.5 Å². The summed E-state index contributed by atoms with van der Waals surface area (Å²) in [5.74, 6) is -0.0728. The Morgan fingerprint density at radius 1 is 0.927 bits per heavy atom. The van der Waals surface area contributed by atoms with Crippen molar-refractivity contribution >= 4 is 30.0 Å². The smallest absolute Gasteiger partial charge is 0.246 e. The summed E-state index contributed by atoms with van der Waals surface area (Å²) in [6.45, 7) is 4.83. The third-order valence-corrected chi connectivity index (χ3v) is 9.25. The molecule has 8 heteroatoms. The number of carbonyl (C=O) groups is 3. The molecule has 0 aromatic heterocycles. The van der Waals surface area contributed by atoms with Crippen LogP contribution in [0.25, 0.3) is 0 Å². The predicted molar refractivity (Wildman–Crippen MR) is 162 cm³/mol. The summed E-state index contributed by atoms with van der Waals surface area (Å²) in [5.41, 5.74) is 0.787. The van der Waals surface area contributed by atoms with Gasteiger partial charge in [0.15, 0.2) is 5.78 Å². The monoisotopic (exact) mass is 581 g/mol. The van der Waals surface area contributed by atoms with E-state index in [2.05, 4.69) is 17.1 Å². The van der Waals surface area contributed by atoms with Crippen LogP contribution in [0.5, 0.6) is 0 Å². The number of halogens is 1. The molecule has 3 aliphatic rings. The molecule has 1 atom stereocenters. The zero-order valence-corrected chi connectivity index (χ0v) is 25.0. The van der Waals surface area contributed by atoms with E-state index in [1.165, 1.54) is 0 Å². The Morgan fingerprint density at radius 3 is 2.20 bits per heavy atom. The number of ketones is 1. The van der Waals surface area contributed by atoms with E-state index in [9.17, 15) is 19.5 Å². The molecule has 7 nitrogen and oxygen atoms in total. The summed E-state index contributed by atoms with van der Waals surface area (Å²) < 4.78 is 0. The number of nitrogens with zero attached hydrogens (tertiary/aromatic N) is 2. The minimum Gasteiger partial charge on any atom is -0.390 e. The highest BCUT2D eigenvalue weighted by Gasteiger charge is 2.54. The summed E-state index contributed by atoms with van der Waals surface area (Å²) in [6, 6.07) is 16.4. The van der Waals surface area contributed by atoms with E-state index < -0.39 is 17.2 Å². The average molecular weight is 582 g/mol. The van der Waals surface area contributed by atoms with Gasteiger partial charge in [0, 0.05) is 43.7 Å². The van der Waals surface area contributed by atoms with Crippen molar-refractivity contribution in [3.8, 4) is 0 Å². The summed E-state index contributed by atoms with van der Waals surface area (Å²) in [7, 11) is 0. The fourth-order valence-electron chi connectivity index (χ4n) is 6.80. The molecule has 0 bridgehead atoms. The van der Waals surface area contributed by atoms with Crippen LogP contribution in [0.2, 0.25) is 0 Å². The number of nitrogens with one attached hydrogen (secondary N) is 1. The van der Waals surface area contributed by atoms with Gasteiger partial charge < -0.3 is 15.3 Å². The maximum atomic E-state index is 13.8. The number of amides is 2. The van der Waals surface area contributed by atoms with Crippen molar-refractivity contribution < 1.29 is 19.5 Å². The third-order valence-electron chi connectivity index (χ3n) is 9.25. The lowest BCUT2D eigenvalue weighted by molar-refractivity contribution is -0.163. The van der Waals surface area contributed by atoms with Gasteiger partial charge in [-0.1, -0.05) is 87.2 Å². The Hall–Kier alpha value is -2.74. The minimum absolute atomic E-state index is 0. The van der Waals surface area contributed by atoms with Gasteiger partial charge in [-0.2, -0.15) is 0 Å². The van der Waals surface area contributed by atoms with E-state index in [1.54, 1.807) is 0 Å². The number of aliphatic hydroxyl groups is 1. The second-order valence-corrected chi connectivity index (χ2v) is 12.1. The van der Waals surface area contributed by atoms with Crippen LogP contribution >= 0.6 is 12.4 Å². The van der Waals surface area contributed by atoms with Gasteiger partial charge in [0.25, 0.3) is 0 Å². The van der Waals surface area contributed by atoms with Crippen molar-refractivity contribution in [2.24, 2.45) is 0 Å². The maximum Gasteiger partial charge on any atom is 0.246 e. The standard InChI is InChI=1S/C33H43N3O4.ClH/c1-2-3-20-36-30(38)28(23-32(40)16-8-5-9-17-32)34-31(39)33(36)18-21-35(22-19-33)24-25-12-14-27(15-13-25)29(37)26-10-6-4-7-11-26;/h4,6-7,10-15,28,40H,2-3,5,8-9,16-24H2,1H3,(H,34,39);1H/t28-;/m1./s1. The second kappa shape index (κ2) is 13.5. The Bertz CT molecular complexity index is 1190. The topological polar surface area (TPSA) is 90.0 Å². The molecule has 2 aromatic rings. The molecule has 0 unspecified atom stereocenters. The highest BCUT2D eigenvalue weighted by Crippen LogP contribution is 2.37. The Kier molecular flexibility index (Phi) is 10.3. The molecule has 2 heterocycles. The SMILES string of the molecule is CCCCN1C(=O)[C@@H](CC2(O)CCCCC2)NC(=O)C12CCN(Cc1ccc(C(=O)c3ccccc3)cc1)CC2.Cl. The zero-order chi connectivity index (χ0) is 28.2. The van der Waals surface area contributed by atoms with Gasteiger partial charge in [-0.25, -0.2) is 0 Å². The first-order chi connectivity index (χ1) is 19.3. The molecule has 1 spiro atoms. The molecule has 5 rings (SSSR count). The first-order valence-electron chi connectivity index (χ1n) is 15.1. The molecule has 0 radical (unpaired) electrons. The van der Waals surface area contributed by atoms with Crippen molar-refractivity contribution in [1.82, 2.24) is 15.1 Å². The van der Waals surface area contributed by atoms with Crippen LogP contribution in [0.15, 0.2) is 54.6 Å². The number of likely N-dealkylation sites (tertiary alicyclic amines) is 1. The number of hydrogen-bond donors (Lipinski definition) is 2. The molecular formula is C33H44ClN3O4. The van der Waals surface area contributed by atoms with Crippen LogP contribution in [0.3, 0.4) is 0 Å². The Labute approximate surface area is 250 Å². The number of carbonyl (C=O) groups excluding carboxylic acids is 3. The molecular weight excluding hydrogens is 538 g/mol. The fourth-order valence-corrected chi connectivity index (χ4v) is 6.80. The van der Waals surface area contributed by atoms with Crippen LogP contribution in [0, 0.1) is 0 Å². The van der Waals surface area contributed by atoms with Crippen LogP contribution in [-0.4, -0.2) is 69.3 Å². The molecule has 2 N–H and O–H groups in total. The van der Waals surface area contributed by atoms with Crippen LogP contribution in [-0.2, 0) is 16.1 Å². The normalized spacial score (nSPS) is 22.2. The summed E-state index contributed by atoms with van der Waals surface area (Å²) in [5, 5.41) is 14.2. The van der Waals surface area contributed by atoms with E-state index in [0.717, 1.165) is 44.2 Å². The van der Waals surface area contributed by atoms with Gasteiger partial charge in [-0.3, -0.25) is 19.3 Å². The Balaban J connectivity index is 0.00000387. The van der Waals surface area contributed by atoms with Crippen molar-refractivity contribution in [2.45, 2.75) is 94.9 Å². The van der Waals surface area contributed by atoms with Crippen LogP contribution in [0.1, 0.15) is 92.6 Å². The van der Waals surface area contributed by atoms with E-state index in [4.69, 9.17) is 0 Å². The predicted octanol–water partition coefficient (Wildman–Crippen LogP) is 4.89. The van der Waals surface area contributed by atoms with E-state index in [0.29, 0.717) is 62.9 Å². The van der Waals surface area contributed by atoms with Gasteiger partial charge in [0.1, 0.15) is 11.6 Å². The van der Waals surface area contributed by atoms with Gasteiger partial charge in [0.2, 0.25) is 11.8 Å². The number of rotatable bonds is 9. The van der Waals surface area contributed by atoms with Gasteiger partial charge in [0.05, 0.1) is 5.60 Å². The quantitative estimate of drug-likeness (QED) is 0.412. The first kappa shape index (κ1) is 31.2. The second-order valence-electron chi connectivity index (χ2n) is 12.1. The number of unbranched alkanes of at least 4 members (excludes halogenated alkanes) is 1. The number of piperazine rings is 1. The van der Waals surface area contributed by atoms with Gasteiger partial charge in [-0.05, 0) is 37.7 Å². The van der Waals surface area contributed by atoms with Crippen molar-refractivity contribution in [3.63, 3.8) is 0 Å². The van der Waals surface area contributed by atoms with E-state index in [-0.39, 0.29) is 30.0 Å². The largest absolute Gasteiger partial charge is 0.390 e. The number of benzene rings is 2. The van der Waals surface area contributed by atoms with Crippen molar-refractivity contribution in [2.75, 3.05) is 19.6 Å². The fraction of sp³-hybridized carbons (Fsp3) is 0.545. The van der Waals surface area contributed by atoms with Gasteiger partial charge in [-0.15, -0.1) is 12.4 Å². The molecule has 1 aliphatic carbocycles. The molecule has 2 aliphatic heterocycles. The number of piperidine rings is 1. The van der Waals surface area contributed by atoms with Gasteiger partial charge >= 0.3 is 0 Å². The highest BCUT2D eigenvalue weighted by atomic mass is 35.5. The molecule has 41 heavy (non-hydrogen) atoms. The molecule has 2 amide bonds. The lowest BCUT2D eigenvalue weighted by Crippen LogP contribution is -2.73. The van der Waals surface area contributed by atoms with Crippen molar-refractivity contribution in [3.05, 3.63) is 71.3 Å². The molecule has 2 saturated heterocycles. The minimum atomic E-state index is -0.864. The summed E-state index contributed by atoms with van der Waals surface area (Å²) >= 11 is 0. The molecule has 222 valence electrons. The third kappa shape index (κ3) is 6.85. The maximum absolute atomic E-state index is 13.8. The molecule has 2 aromatic carbocycles. The first-order valence-corrected chi connectivity index (χ1v) is 15.1. The Morgan fingerprint density at radius 2 is 1.56 bits per heavy atom. The van der Waals surface area contributed by atoms with Crippen molar-refractivity contribution in [1.29, 1.82) is 0 Å². The zero-order valence-electron chi connectivity index (χ0n) is 24.1. The van der Waals surface area contributed by atoms with Crippen LogP contribution < -0.4 is 5.32 Å². The van der Waals surface area contributed by atoms with E-state index >= 15 is 0 Å². The lowest BCUT2D eigenvalue weighted by atomic mass is 9.77. The number of hydrogen-bond acceptors (Lipinski definition) is 5.